The van der Waals surface area contributed by atoms with Crippen LogP contribution in [0.4, 0.5) is 11.4 Å². The molecule has 0 spiro atoms. The molecule has 1 aromatic carbocycles. The number of benzene rings is 1. The van der Waals surface area contributed by atoms with Crippen LogP contribution in [0.15, 0.2) is 41.8 Å². The van der Waals surface area contributed by atoms with E-state index in [1.807, 2.05) is 24.7 Å². The van der Waals surface area contributed by atoms with E-state index in [-0.39, 0.29) is 5.69 Å². The number of nitrogens with zero attached hydrogens (tertiary/aromatic N) is 4. The second-order valence-corrected chi connectivity index (χ2v) is 4.20. The van der Waals surface area contributed by atoms with E-state index >= 15 is 0 Å². The minimum absolute atomic E-state index is 0.0293. The Morgan fingerprint density at radius 2 is 2.35 bits per heavy atom. The molecule has 0 unspecified atom stereocenters. The molecule has 0 aliphatic heterocycles. The first kappa shape index (κ1) is 13.7. The van der Waals surface area contributed by atoms with Gasteiger partial charge in [0.15, 0.2) is 0 Å². The summed E-state index contributed by atoms with van der Waals surface area (Å²) in [5, 5.41) is 19.0. The van der Waals surface area contributed by atoms with Crippen LogP contribution in [0.25, 0.3) is 0 Å². The molecule has 7 heteroatoms. The van der Waals surface area contributed by atoms with Gasteiger partial charge in [-0.1, -0.05) is 6.07 Å². The number of non-ortho nitro benzene ring substituents is 1. The fourth-order valence-electron chi connectivity index (χ4n) is 1.63. The van der Waals surface area contributed by atoms with Gasteiger partial charge in [-0.25, -0.2) is 0 Å². The average Bonchev–Trinajstić information content (AvgIpc) is 2.94. The van der Waals surface area contributed by atoms with Crippen LogP contribution >= 0.6 is 0 Å². The molecule has 1 N–H and O–H groups in total. The summed E-state index contributed by atoms with van der Waals surface area (Å²) in [6.07, 6.45) is 3.63. The zero-order chi connectivity index (χ0) is 14.5. The number of aryl methyl sites for hydroxylation is 1. The van der Waals surface area contributed by atoms with E-state index in [4.69, 9.17) is 0 Å². The van der Waals surface area contributed by atoms with Crippen molar-refractivity contribution in [3.8, 4) is 0 Å². The lowest BCUT2D eigenvalue weighted by Crippen LogP contribution is -1.99. The third-order valence-electron chi connectivity index (χ3n) is 2.78. The van der Waals surface area contributed by atoms with E-state index in [0.717, 1.165) is 17.8 Å². The van der Waals surface area contributed by atoms with Crippen LogP contribution in [-0.4, -0.2) is 20.4 Å². The van der Waals surface area contributed by atoms with Gasteiger partial charge >= 0.3 is 0 Å². The molecular formula is C13H15N5O2. The van der Waals surface area contributed by atoms with Gasteiger partial charge in [0, 0.05) is 30.4 Å². The Kier molecular flexibility index (Phi) is 4.09. The van der Waals surface area contributed by atoms with Gasteiger partial charge in [0.2, 0.25) is 0 Å². The largest absolute Gasteiger partial charge is 0.278 e. The fourth-order valence-corrected chi connectivity index (χ4v) is 1.63. The number of nitro benzene ring substituents is 1. The third-order valence-corrected chi connectivity index (χ3v) is 2.78. The quantitative estimate of drug-likeness (QED) is 0.515. The molecule has 0 saturated heterocycles. The standard InChI is InChI=1S/C13H15N5O2/c1-3-17-9-11(8-14-17)10(2)15-16-12-5-4-6-13(7-12)18(19)20/h4-9,16H,3H2,1-2H3/b15-10+. The van der Waals surface area contributed by atoms with E-state index < -0.39 is 4.92 Å². The maximum atomic E-state index is 10.7. The van der Waals surface area contributed by atoms with Gasteiger partial charge in [-0.15, -0.1) is 0 Å². The molecule has 0 aliphatic carbocycles. The molecule has 0 amide bonds. The predicted octanol–water partition coefficient (Wildman–Crippen LogP) is 2.65. The number of hydrogen-bond acceptors (Lipinski definition) is 5. The number of hydrogen-bond donors (Lipinski definition) is 1. The van der Waals surface area contributed by atoms with Crippen molar-refractivity contribution >= 4 is 17.1 Å². The average molecular weight is 273 g/mol. The summed E-state index contributed by atoms with van der Waals surface area (Å²) in [6.45, 7) is 4.65. The van der Waals surface area contributed by atoms with E-state index in [9.17, 15) is 10.1 Å². The molecule has 0 radical (unpaired) electrons. The molecule has 0 saturated carbocycles. The first-order valence-corrected chi connectivity index (χ1v) is 6.17. The summed E-state index contributed by atoms with van der Waals surface area (Å²) >= 11 is 0. The topological polar surface area (TPSA) is 85.3 Å². The lowest BCUT2D eigenvalue weighted by atomic mass is 10.2. The minimum atomic E-state index is -0.437. The van der Waals surface area contributed by atoms with Crippen LogP contribution in [0.3, 0.4) is 0 Å². The minimum Gasteiger partial charge on any atom is -0.278 e. The molecule has 2 aromatic rings. The van der Waals surface area contributed by atoms with Gasteiger partial charge < -0.3 is 0 Å². The fraction of sp³-hybridized carbons (Fsp3) is 0.231. The molecule has 1 aromatic heterocycles. The number of nitro groups is 1. The SMILES string of the molecule is CCn1cc(/C(C)=N/Nc2cccc([N+](=O)[O-])c2)cn1. The predicted molar refractivity (Wildman–Crippen MR) is 76.8 cm³/mol. The van der Waals surface area contributed by atoms with Crippen molar-refractivity contribution in [2.24, 2.45) is 5.10 Å². The number of rotatable bonds is 5. The molecule has 104 valence electrons. The number of nitrogens with one attached hydrogen (secondary N) is 1. The van der Waals surface area contributed by atoms with Crippen LogP contribution in [0.1, 0.15) is 19.4 Å². The number of hydrazone groups is 1. The first-order valence-electron chi connectivity index (χ1n) is 6.17. The van der Waals surface area contributed by atoms with Crippen molar-refractivity contribution in [1.82, 2.24) is 9.78 Å². The van der Waals surface area contributed by atoms with Gasteiger partial charge in [-0.3, -0.25) is 20.2 Å². The Labute approximate surface area is 116 Å². The Bertz CT molecular complexity index is 648. The molecule has 0 atom stereocenters. The van der Waals surface area contributed by atoms with Crippen molar-refractivity contribution < 1.29 is 4.92 Å². The number of aromatic nitrogens is 2. The highest BCUT2D eigenvalue weighted by Crippen LogP contribution is 2.17. The lowest BCUT2D eigenvalue weighted by molar-refractivity contribution is -0.384. The normalized spacial score (nSPS) is 11.4. The molecule has 20 heavy (non-hydrogen) atoms. The molecule has 1 heterocycles. The summed E-state index contributed by atoms with van der Waals surface area (Å²) in [7, 11) is 0. The summed E-state index contributed by atoms with van der Waals surface area (Å²) in [5.74, 6) is 0. The van der Waals surface area contributed by atoms with Gasteiger partial charge in [0.1, 0.15) is 0 Å². The second kappa shape index (κ2) is 5.96. The second-order valence-electron chi connectivity index (χ2n) is 4.20. The van der Waals surface area contributed by atoms with E-state index in [1.54, 1.807) is 18.3 Å². The monoisotopic (exact) mass is 273 g/mol. The van der Waals surface area contributed by atoms with Crippen LogP contribution in [-0.2, 0) is 6.54 Å². The van der Waals surface area contributed by atoms with Crippen LogP contribution in [0.2, 0.25) is 0 Å². The Morgan fingerprint density at radius 1 is 1.55 bits per heavy atom. The van der Waals surface area contributed by atoms with Crippen LogP contribution in [0.5, 0.6) is 0 Å². The highest BCUT2D eigenvalue weighted by molar-refractivity contribution is 5.98. The van der Waals surface area contributed by atoms with Crippen molar-refractivity contribution in [2.75, 3.05) is 5.43 Å². The van der Waals surface area contributed by atoms with Crippen molar-refractivity contribution in [1.29, 1.82) is 0 Å². The van der Waals surface area contributed by atoms with E-state index in [1.165, 1.54) is 12.1 Å². The van der Waals surface area contributed by atoms with Gasteiger partial charge in [0.05, 0.1) is 22.5 Å². The third kappa shape index (κ3) is 3.19. The Hall–Kier alpha value is -2.70. The zero-order valence-corrected chi connectivity index (χ0v) is 11.3. The molecule has 0 fully saturated rings. The summed E-state index contributed by atoms with van der Waals surface area (Å²) in [6, 6.07) is 6.21. The number of anilines is 1. The summed E-state index contributed by atoms with van der Waals surface area (Å²) < 4.78 is 1.81. The highest BCUT2D eigenvalue weighted by atomic mass is 16.6. The highest BCUT2D eigenvalue weighted by Gasteiger charge is 2.05. The van der Waals surface area contributed by atoms with Gasteiger partial charge in [-0.05, 0) is 19.9 Å². The van der Waals surface area contributed by atoms with Crippen molar-refractivity contribution in [3.63, 3.8) is 0 Å². The maximum Gasteiger partial charge on any atom is 0.271 e. The summed E-state index contributed by atoms with van der Waals surface area (Å²) in [5.41, 5.74) is 5.08. The first-order chi connectivity index (χ1) is 9.60. The van der Waals surface area contributed by atoms with Crippen LogP contribution in [0, 0.1) is 10.1 Å². The molecule has 0 bridgehead atoms. The Morgan fingerprint density at radius 3 is 3.00 bits per heavy atom. The lowest BCUT2D eigenvalue weighted by Gasteiger charge is -2.01. The van der Waals surface area contributed by atoms with Gasteiger partial charge in [0.25, 0.3) is 5.69 Å². The van der Waals surface area contributed by atoms with Crippen molar-refractivity contribution in [2.45, 2.75) is 20.4 Å². The van der Waals surface area contributed by atoms with E-state index in [2.05, 4.69) is 15.6 Å². The Balaban J connectivity index is 2.12. The smallest absolute Gasteiger partial charge is 0.271 e. The maximum absolute atomic E-state index is 10.7. The van der Waals surface area contributed by atoms with Crippen molar-refractivity contribution in [3.05, 3.63) is 52.3 Å². The molecule has 0 aliphatic rings. The van der Waals surface area contributed by atoms with E-state index in [0.29, 0.717) is 5.69 Å². The summed E-state index contributed by atoms with van der Waals surface area (Å²) in [4.78, 5) is 10.2. The molecule has 7 nitrogen and oxygen atoms in total. The zero-order valence-electron chi connectivity index (χ0n) is 11.3. The molecular weight excluding hydrogens is 258 g/mol. The van der Waals surface area contributed by atoms with Crippen LogP contribution < -0.4 is 5.43 Å². The van der Waals surface area contributed by atoms with Gasteiger partial charge in [-0.2, -0.15) is 10.2 Å². The molecule has 2 rings (SSSR count).